The van der Waals surface area contributed by atoms with Crippen molar-refractivity contribution < 1.29 is 17.9 Å². The maximum atomic E-state index is 12.9. The van der Waals surface area contributed by atoms with Gasteiger partial charge < -0.3 is 15.0 Å². The predicted molar refractivity (Wildman–Crippen MR) is 104 cm³/mol. The third-order valence-electron chi connectivity index (χ3n) is 5.75. The highest BCUT2D eigenvalue weighted by molar-refractivity contribution is 7.89. The number of carbonyl (C=O) groups excluding carboxylic acids is 1. The summed E-state index contributed by atoms with van der Waals surface area (Å²) in [6.45, 7) is 11.1. The molecule has 1 spiro atoms. The zero-order valence-corrected chi connectivity index (χ0v) is 17.4. The molecule has 1 N–H and O–H groups in total. The number of benzene rings is 1. The largest absolute Gasteiger partial charge is 0.381 e. The number of likely N-dealkylation sites (tertiary alicyclic amines) is 1. The SMILES string of the molecule is CCN(CC)S(=O)(=O)c1cc(C)c(C)c(NC(=O)N2CC3(CCOC3)C2)c1. The van der Waals surface area contributed by atoms with Gasteiger partial charge in [-0.2, -0.15) is 4.31 Å². The number of sulfonamides is 1. The second-order valence-corrected chi connectivity index (χ2v) is 9.53. The summed E-state index contributed by atoms with van der Waals surface area (Å²) in [5.74, 6) is 0. The summed E-state index contributed by atoms with van der Waals surface area (Å²) in [6.07, 6.45) is 0.993. The molecule has 1 aromatic rings. The van der Waals surface area contributed by atoms with E-state index in [4.69, 9.17) is 4.74 Å². The van der Waals surface area contributed by atoms with Crippen molar-refractivity contribution in [3.05, 3.63) is 23.3 Å². The Morgan fingerprint density at radius 2 is 1.93 bits per heavy atom. The third-order valence-corrected chi connectivity index (χ3v) is 7.78. The molecule has 27 heavy (non-hydrogen) atoms. The number of nitrogens with zero attached hydrogens (tertiary/aromatic N) is 2. The fourth-order valence-corrected chi connectivity index (χ4v) is 5.39. The summed E-state index contributed by atoms with van der Waals surface area (Å²) in [7, 11) is -3.58. The smallest absolute Gasteiger partial charge is 0.321 e. The number of aryl methyl sites for hydroxylation is 1. The van der Waals surface area contributed by atoms with E-state index in [2.05, 4.69) is 5.32 Å². The molecule has 2 fully saturated rings. The highest BCUT2D eigenvalue weighted by Gasteiger charge is 2.47. The number of hydrogen-bond donors (Lipinski definition) is 1. The molecular weight excluding hydrogens is 366 g/mol. The Morgan fingerprint density at radius 3 is 2.48 bits per heavy atom. The first-order chi connectivity index (χ1) is 12.7. The van der Waals surface area contributed by atoms with Crippen molar-refractivity contribution in [1.82, 2.24) is 9.21 Å². The Kier molecular flexibility index (Phi) is 5.52. The van der Waals surface area contributed by atoms with Gasteiger partial charge in [0.15, 0.2) is 0 Å². The van der Waals surface area contributed by atoms with Crippen LogP contribution in [0.3, 0.4) is 0 Å². The summed E-state index contributed by atoms with van der Waals surface area (Å²) < 4.78 is 32.6. The van der Waals surface area contributed by atoms with Gasteiger partial charge in [0.1, 0.15) is 0 Å². The van der Waals surface area contributed by atoms with E-state index in [-0.39, 0.29) is 16.3 Å². The van der Waals surface area contributed by atoms with E-state index in [0.717, 1.165) is 24.2 Å². The van der Waals surface area contributed by atoms with Crippen molar-refractivity contribution in [3.8, 4) is 0 Å². The molecule has 7 nitrogen and oxygen atoms in total. The molecule has 0 bridgehead atoms. The highest BCUT2D eigenvalue weighted by atomic mass is 32.2. The standard InChI is InChI=1S/C19H29N3O4S/c1-5-22(6-2)27(24,25)16-9-14(3)15(4)17(10-16)20-18(23)21-11-19(12-21)7-8-26-13-19/h9-10H,5-8,11-13H2,1-4H3,(H,20,23). The molecule has 150 valence electrons. The van der Waals surface area contributed by atoms with Crippen LogP contribution in [-0.2, 0) is 14.8 Å². The maximum Gasteiger partial charge on any atom is 0.321 e. The van der Waals surface area contributed by atoms with Gasteiger partial charge in [-0.05, 0) is 43.5 Å². The van der Waals surface area contributed by atoms with Gasteiger partial charge in [-0.1, -0.05) is 13.8 Å². The molecule has 0 radical (unpaired) electrons. The number of carbonyl (C=O) groups is 1. The second-order valence-electron chi connectivity index (χ2n) is 7.59. The first kappa shape index (κ1) is 20.1. The van der Waals surface area contributed by atoms with Crippen molar-refractivity contribution in [2.75, 3.05) is 44.7 Å². The number of ether oxygens (including phenoxy) is 1. The molecule has 2 heterocycles. The summed E-state index contributed by atoms with van der Waals surface area (Å²) in [5.41, 5.74) is 2.38. The Hall–Kier alpha value is -1.64. The second kappa shape index (κ2) is 7.41. The molecule has 0 aliphatic carbocycles. The molecule has 0 atom stereocenters. The Bertz CT molecular complexity index is 820. The quantitative estimate of drug-likeness (QED) is 0.831. The van der Waals surface area contributed by atoms with E-state index in [1.165, 1.54) is 4.31 Å². The normalized spacial score (nSPS) is 18.8. The van der Waals surface area contributed by atoms with Crippen LogP contribution in [0.4, 0.5) is 10.5 Å². The molecule has 2 amide bonds. The fourth-order valence-electron chi connectivity index (χ4n) is 3.82. The van der Waals surface area contributed by atoms with E-state index in [1.807, 2.05) is 27.7 Å². The lowest BCUT2D eigenvalue weighted by molar-refractivity contribution is 0.0255. The molecular formula is C19H29N3O4S. The zero-order valence-electron chi connectivity index (χ0n) is 16.5. The van der Waals surface area contributed by atoms with E-state index in [0.29, 0.717) is 38.5 Å². The van der Waals surface area contributed by atoms with Crippen molar-refractivity contribution in [1.29, 1.82) is 0 Å². The van der Waals surface area contributed by atoms with Gasteiger partial charge in [-0.25, -0.2) is 13.2 Å². The number of nitrogens with one attached hydrogen (secondary N) is 1. The summed E-state index contributed by atoms with van der Waals surface area (Å²) in [4.78, 5) is 14.6. The van der Waals surface area contributed by atoms with E-state index < -0.39 is 10.0 Å². The average Bonchev–Trinajstić information content (AvgIpc) is 3.08. The predicted octanol–water partition coefficient (Wildman–Crippen LogP) is 2.59. The number of rotatable bonds is 5. The summed E-state index contributed by atoms with van der Waals surface area (Å²) in [5, 5.41) is 2.91. The van der Waals surface area contributed by atoms with Gasteiger partial charge in [0.2, 0.25) is 10.0 Å². The molecule has 2 saturated heterocycles. The van der Waals surface area contributed by atoms with Crippen LogP contribution < -0.4 is 5.32 Å². The number of urea groups is 1. The van der Waals surface area contributed by atoms with Crippen LogP contribution in [0.25, 0.3) is 0 Å². The highest BCUT2D eigenvalue weighted by Crippen LogP contribution is 2.38. The van der Waals surface area contributed by atoms with Crippen molar-refractivity contribution in [3.63, 3.8) is 0 Å². The molecule has 0 saturated carbocycles. The van der Waals surface area contributed by atoms with Crippen molar-refractivity contribution in [2.24, 2.45) is 5.41 Å². The van der Waals surface area contributed by atoms with Gasteiger partial charge in [0.25, 0.3) is 0 Å². The number of hydrogen-bond acceptors (Lipinski definition) is 4. The lowest BCUT2D eigenvalue weighted by Crippen LogP contribution is -2.59. The minimum Gasteiger partial charge on any atom is -0.381 e. The van der Waals surface area contributed by atoms with E-state index in [9.17, 15) is 13.2 Å². The topological polar surface area (TPSA) is 79.0 Å². The summed E-state index contributed by atoms with van der Waals surface area (Å²) >= 11 is 0. The molecule has 2 aliphatic rings. The molecule has 3 rings (SSSR count). The van der Waals surface area contributed by atoms with Crippen LogP contribution in [0.15, 0.2) is 17.0 Å². The van der Waals surface area contributed by atoms with Crippen LogP contribution in [-0.4, -0.2) is 63.0 Å². The zero-order chi connectivity index (χ0) is 19.8. The molecule has 8 heteroatoms. The first-order valence-electron chi connectivity index (χ1n) is 9.47. The van der Waals surface area contributed by atoms with E-state index in [1.54, 1.807) is 17.0 Å². The van der Waals surface area contributed by atoms with E-state index >= 15 is 0 Å². The minimum absolute atomic E-state index is 0.121. The van der Waals surface area contributed by atoms with Gasteiger partial charge in [0.05, 0.1) is 11.5 Å². The lowest BCUT2D eigenvalue weighted by atomic mass is 9.79. The van der Waals surface area contributed by atoms with Crippen LogP contribution in [0.2, 0.25) is 0 Å². The van der Waals surface area contributed by atoms with Crippen LogP contribution >= 0.6 is 0 Å². The minimum atomic E-state index is -3.58. The lowest BCUT2D eigenvalue weighted by Gasteiger charge is -2.46. The van der Waals surface area contributed by atoms with Crippen molar-refractivity contribution in [2.45, 2.75) is 39.0 Å². The van der Waals surface area contributed by atoms with Gasteiger partial charge in [-0.15, -0.1) is 0 Å². The van der Waals surface area contributed by atoms with Gasteiger partial charge in [-0.3, -0.25) is 0 Å². The maximum absolute atomic E-state index is 12.9. The van der Waals surface area contributed by atoms with Gasteiger partial charge in [0, 0.05) is 43.9 Å². The molecule has 1 aromatic carbocycles. The molecule has 0 aromatic heterocycles. The van der Waals surface area contributed by atoms with Crippen LogP contribution in [0, 0.1) is 19.3 Å². The number of amides is 2. The van der Waals surface area contributed by atoms with Crippen LogP contribution in [0.5, 0.6) is 0 Å². The number of anilines is 1. The Labute approximate surface area is 161 Å². The first-order valence-corrected chi connectivity index (χ1v) is 10.9. The van der Waals surface area contributed by atoms with Gasteiger partial charge >= 0.3 is 6.03 Å². The Morgan fingerprint density at radius 1 is 1.26 bits per heavy atom. The third kappa shape index (κ3) is 3.70. The monoisotopic (exact) mass is 395 g/mol. The molecule has 0 unspecified atom stereocenters. The van der Waals surface area contributed by atoms with Crippen LogP contribution in [0.1, 0.15) is 31.4 Å². The Balaban J connectivity index is 1.79. The van der Waals surface area contributed by atoms with Crippen molar-refractivity contribution >= 4 is 21.7 Å². The summed E-state index contributed by atoms with van der Waals surface area (Å²) in [6, 6.07) is 3.06. The average molecular weight is 396 g/mol. The fraction of sp³-hybridized carbons (Fsp3) is 0.632. The molecule has 2 aliphatic heterocycles.